The first-order valence-electron chi connectivity index (χ1n) is 5.07. The zero-order valence-electron chi connectivity index (χ0n) is 9.51. The molecular formula is C11H11ClN4O2. The lowest BCUT2D eigenvalue weighted by atomic mass is 10.2. The monoisotopic (exact) mass is 266 g/mol. The molecule has 0 bridgehead atoms. The Balaban J connectivity index is 2.25. The van der Waals surface area contributed by atoms with Crippen LogP contribution in [0.3, 0.4) is 0 Å². The molecule has 1 aromatic heterocycles. The smallest absolute Gasteiger partial charge is 0.238 e. The van der Waals surface area contributed by atoms with Crippen molar-refractivity contribution < 1.29 is 9.94 Å². The number of nitrogens with two attached hydrogens (primary N) is 1. The maximum absolute atomic E-state index is 8.56. The average Bonchev–Trinajstić information content (AvgIpc) is 2.76. The largest absolute Gasteiger partial charge is 0.436 e. The Bertz CT molecular complexity index is 594. The summed E-state index contributed by atoms with van der Waals surface area (Å²) in [4.78, 5) is 0. The lowest BCUT2D eigenvalue weighted by molar-refractivity contribution is 0.318. The fourth-order valence-electron chi connectivity index (χ4n) is 1.36. The molecule has 1 aromatic carbocycles. The Morgan fingerprint density at radius 2 is 2.28 bits per heavy atom. The number of H-pyrrole nitrogens is 1. The van der Waals surface area contributed by atoms with Crippen LogP contribution in [0.25, 0.3) is 0 Å². The van der Waals surface area contributed by atoms with Gasteiger partial charge in [-0.3, -0.25) is 5.10 Å². The third-order valence-electron chi connectivity index (χ3n) is 2.23. The van der Waals surface area contributed by atoms with Crippen molar-refractivity contribution in [1.82, 2.24) is 10.2 Å². The van der Waals surface area contributed by atoms with Gasteiger partial charge in [-0.05, 0) is 25.1 Å². The molecule has 0 amide bonds. The molecule has 4 N–H and O–H groups in total. The minimum atomic E-state index is -0.0148. The summed E-state index contributed by atoms with van der Waals surface area (Å²) >= 11 is 6.03. The van der Waals surface area contributed by atoms with E-state index in [1.54, 1.807) is 24.3 Å². The van der Waals surface area contributed by atoms with Crippen molar-refractivity contribution in [2.45, 2.75) is 6.92 Å². The number of hydrogen-bond donors (Lipinski definition) is 3. The first-order chi connectivity index (χ1) is 8.60. The second-order valence-corrected chi connectivity index (χ2v) is 4.03. The number of rotatable bonds is 3. The quantitative estimate of drug-likeness (QED) is 0.344. The molecule has 0 aliphatic heterocycles. The number of aromatic nitrogens is 2. The van der Waals surface area contributed by atoms with E-state index in [0.29, 0.717) is 22.2 Å². The van der Waals surface area contributed by atoms with Gasteiger partial charge in [-0.2, -0.15) is 0 Å². The van der Waals surface area contributed by atoms with Crippen LogP contribution in [0.4, 0.5) is 0 Å². The highest BCUT2D eigenvalue weighted by atomic mass is 35.5. The summed E-state index contributed by atoms with van der Waals surface area (Å²) in [6.45, 7) is 1.86. The van der Waals surface area contributed by atoms with Crippen molar-refractivity contribution in [3.63, 3.8) is 0 Å². The van der Waals surface area contributed by atoms with Crippen LogP contribution >= 0.6 is 11.6 Å². The van der Waals surface area contributed by atoms with Crippen molar-refractivity contribution in [2.24, 2.45) is 10.9 Å². The van der Waals surface area contributed by atoms with Gasteiger partial charge in [0.2, 0.25) is 5.88 Å². The number of nitrogens with zero attached hydrogens (tertiary/aromatic N) is 2. The van der Waals surface area contributed by atoms with Crippen molar-refractivity contribution in [3.8, 4) is 11.6 Å². The summed E-state index contributed by atoms with van der Waals surface area (Å²) in [6.07, 6.45) is 0. The van der Waals surface area contributed by atoms with Crippen LogP contribution < -0.4 is 10.5 Å². The third-order valence-corrected chi connectivity index (χ3v) is 2.53. The summed E-state index contributed by atoms with van der Waals surface area (Å²) < 4.78 is 5.48. The first-order valence-corrected chi connectivity index (χ1v) is 5.45. The van der Waals surface area contributed by atoms with Gasteiger partial charge in [-0.25, -0.2) is 0 Å². The van der Waals surface area contributed by atoms with Crippen LogP contribution in [0.2, 0.25) is 5.02 Å². The Labute approximate surface area is 108 Å². The highest BCUT2D eigenvalue weighted by Gasteiger charge is 2.08. The van der Waals surface area contributed by atoms with Gasteiger partial charge >= 0.3 is 0 Å². The molecule has 1 heterocycles. The van der Waals surface area contributed by atoms with E-state index in [0.717, 1.165) is 5.69 Å². The number of nitrogens with one attached hydrogen (secondary N) is 1. The molecule has 0 fully saturated rings. The van der Waals surface area contributed by atoms with Gasteiger partial charge in [0, 0.05) is 17.3 Å². The third kappa shape index (κ3) is 2.54. The molecule has 0 radical (unpaired) electrons. The van der Waals surface area contributed by atoms with Crippen LogP contribution in [0.15, 0.2) is 29.4 Å². The number of oxime groups is 1. The van der Waals surface area contributed by atoms with Crippen LogP contribution in [0, 0.1) is 6.92 Å². The van der Waals surface area contributed by atoms with Crippen molar-refractivity contribution >= 4 is 17.4 Å². The molecule has 6 nitrogen and oxygen atoms in total. The topological polar surface area (TPSA) is 96.5 Å². The van der Waals surface area contributed by atoms with E-state index in [9.17, 15) is 0 Å². The Hall–Kier alpha value is -2.21. The van der Waals surface area contributed by atoms with Crippen LogP contribution in [0.1, 0.15) is 11.3 Å². The lowest BCUT2D eigenvalue weighted by Crippen LogP contribution is -2.12. The number of aryl methyl sites for hydroxylation is 1. The van der Waals surface area contributed by atoms with Gasteiger partial charge in [-0.1, -0.05) is 16.8 Å². The van der Waals surface area contributed by atoms with E-state index in [4.69, 9.17) is 27.3 Å². The van der Waals surface area contributed by atoms with E-state index in [2.05, 4.69) is 15.4 Å². The Kier molecular flexibility index (Phi) is 3.38. The zero-order chi connectivity index (χ0) is 13.1. The molecule has 7 heteroatoms. The molecule has 0 unspecified atom stereocenters. The number of aromatic amines is 1. The van der Waals surface area contributed by atoms with E-state index >= 15 is 0 Å². The SMILES string of the molecule is Cc1cc(Oc2ccc(/C(N)=N/O)cc2Cl)n[nH]1. The average molecular weight is 267 g/mol. The zero-order valence-corrected chi connectivity index (χ0v) is 10.3. The first kappa shape index (κ1) is 12.3. The highest BCUT2D eigenvalue weighted by molar-refractivity contribution is 6.32. The molecule has 0 aliphatic rings. The number of hydrogen-bond acceptors (Lipinski definition) is 4. The predicted octanol–water partition coefficient (Wildman–Crippen LogP) is 2.26. The second-order valence-electron chi connectivity index (χ2n) is 3.62. The predicted molar refractivity (Wildman–Crippen MR) is 67.4 cm³/mol. The van der Waals surface area contributed by atoms with E-state index in [1.807, 2.05) is 6.92 Å². The van der Waals surface area contributed by atoms with Crippen molar-refractivity contribution in [3.05, 3.63) is 40.5 Å². The number of benzene rings is 1. The van der Waals surface area contributed by atoms with Crippen molar-refractivity contribution in [1.29, 1.82) is 0 Å². The molecule has 0 saturated heterocycles. The summed E-state index contributed by atoms with van der Waals surface area (Å²) in [5, 5.41) is 18.5. The van der Waals surface area contributed by atoms with Crippen LogP contribution in [-0.2, 0) is 0 Å². The van der Waals surface area contributed by atoms with E-state index < -0.39 is 0 Å². The molecule has 2 rings (SSSR count). The van der Waals surface area contributed by atoms with Crippen LogP contribution in [0.5, 0.6) is 11.6 Å². The van der Waals surface area contributed by atoms with E-state index in [1.165, 1.54) is 0 Å². The fourth-order valence-corrected chi connectivity index (χ4v) is 1.58. The summed E-state index contributed by atoms with van der Waals surface area (Å²) in [5.74, 6) is 0.850. The van der Waals surface area contributed by atoms with Gasteiger partial charge in [-0.15, -0.1) is 5.10 Å². The Morgan fingerprint density at radius 1 is 1.50 bits per heavy atom. The maximum atomic E-state index is 8.56. The summed E-state index contributed by atoms with van der Waals surface area (Å²) in [7, 11) is 0. The maximum Gasteiger partial charge on any atom is 0.238 e. The molecule has 18 heavy (non-hydrogen) atoms. The molecule has 0 spiro atoms. The number of ether oxygens (including phenoxy) is 1. The van der Waals surface area contributed by atoms with E-state index in [-0.39, 0.29) is 5.84 Å². The normalized spacial score (nSPS) is 11.6. The summed E-state index contributed by atoms with van der Waals surface area (Å²) in [5.41, 5.74) is 6.84. The van der Waals surface area contributed by atoms with Gasteiger partial charge in [0.1, 0.15) is 5.75 Å². The Morgan fingerprint density at radius 3 is 2.83 bits per heavy atom. The molecule has 0 saturated carbocycles. The minimum Gasteiger partial charge on any atom is -0.436 e. The van der Waals surface area contributed by atoms with Gasteiger partial charge in [0.05, 0.1) is 5.02 Å². The second kappa shape index (κ2) is 4.97. The molecule has 0 atom stereocenters. The van der Waals surface area contributed by atoms with Gasteiger partial charge in [0.25, 0.3) is 0 Å². The molecular weight excluding hydrogens is 256 g/mol. The highest BCUT2D eigenvalue weighted by Crippen LogP contribution is 2.29. The molecule has 0 aliphatic carbocycles. The fraction of sp³-hybridized carbons (Fsp3) is 0.0909. The number of amidine groups is 1. The standard InChI is InChI=1S/C11H11ClN4O2/c1-6-4-10(15-14-6)18-9-3-2-7(5-8(9)12)11(13)16-17/h2-5,17H,1H3,(H2,13,16)(H,14,15). The summed E-state index contributed by atoms with van der Waals surface area (Å²) in [6, 6.07) is 6.55. The molecule has 94 valence electrons. The van der Waals surface area contributed by atoms with Crippen LogP contribution in [-0.4, -0.2) is 21.2 Å². The van der Waals surface area contributed by atoms with Crippen molar-refractivity contribution in [2.75, 3.05) is 0 Å². The molecule has 2 aromatic rings. The number of halogens is 1. The minimum absolute atomic E-state index is 0.0148. The lowest BCUT2D eigenvalue weighted by Gasteiger charge is -2.06. The van der Waals surface area contributed by atoms with Gasteiger partial charge in [0.15, 0.2) is 5.84 Å². The van der Waals surface area contributed by atoms with Gasteiger partial charge < -0.3 is 15.7 Å².